The van der Waals surface area contributed by atoms with Crippen molar-refractivity contribution in [1.29, 1.82) is 0 Å². The molecule has 4 bridgehead atoms. The fourth-order valence-electron chi connectivity index (χ4n) is 8.55. The molecule has 5 heterocycles. The molecule has 12 nitrogen and oxygen atoms in total. The van der Waals surface area contributed by atoms with E-state index in [1.54, 1.807) is 34.6 Å². The van der Waals surface area contributed by atoms with Gasteiger partial charge in [0.15, 0.2) is 0 Å². The second kappa shape index (κ2) is 7.91. The van der Waals surface area contributed by atoms with Gasteiger partial charge in [-0.2, -0.15) is 0 Å². The largest absolute Gasteiger partial charge is 0.477 e. The van der Waals surface area contributed by atoms with Gasteiger partial charge in [0, 0.05) is 25.4 Å². The first-order valence-electron chi connectivity index (χ1n) is 13.3. The van der Waals surface area contributed by atoms with Crippen LogP contribution in [0.15, 0.2) is 0 Å². The molecular weight excluding hydrogens is 514 g/mol. The van der Waals surface area contributed by atoms with Crippen molar-refractivity contribution >= 4 is 11.9 Å². The summed E-state index contributed by atoms with van der Waals surface area (Å²) in [5.41, 5.74) is -10.9. The minimum atomic E-state index is -2.18. The van der Waals surface area contributed by atoms with Crippen molar-refractivity contribution in [2.45, 2.75) is 114 Å². The van der Waals surface area contributed by atoms with Crippen molar-refractivity contribution < 1.29 is 53.7 Å². The van der Waals surface area contributed by atoms with Crippen LogP contribution in [0, 0.1) is 16.7 Å². The van der Waals surface area contributed by atoms with Crippen molar-refractivity contribution in [2.75, 3.05) is 26.9 Å². The average molecular weight is 560 g/mol. The standard InChI is InChI=1S/C27H45NO11/c1-15-20(5)21(6,28-16(2)30)19(4,37-26(15,12-29)22(20,7)33)14-36-13-18(3)24(9)23(8,34)25(10,35-11)39-27(18,38-24)17(31)32/h15,29,33-34H,12-14H2,1-11H3,(H,28,30)(H,31,32)/t15?,18-,19-,20-,21?,22-,23?,24+,25+,26-,27+/m0/s1. The zero-order valence-corrected chi connectivity index (χ0v) is 24.8. The molecule has 1 amide bonds. The van der Waals surface area contributed by atoms with Crippen LogP contribution < -0.4 is 5.32 Å². The number of carboxylic acid groups (broad SMARTS) is 1. The number of carbonyl (C=O) groups is 2. The monoisotopic (exact) mass is 559 g/mol. The first-order chi connectivity index (χ1) is 17.5. The van der Waals surface area contributed by atoms with E-state index < -0.39 is 68.5 Å². The molecule has 0 radical (unpaired) electrons. The lowest BCUT2D eigenvalue weighted by Crippen LogP contribution is -2.97. The Labute approximate surface area is 229 Å². The molecular formula is C27H45NO11. The number of hydrogen-bond acceptors (Lipinski definition) is 10. The molecule has 3 unspecified atom stereocenters. The maximum absolute atomic E-state index is 12.5. The highest BCUT2D eigenvalue weighted by Gasteiger charge is 2.90. The maximum Gasteiger partial charge on any atom is 0.365 e. The average Bonchev–Trinajstić information content (AvgIpc) is 2.82. The van der Waals surface area contributed by atoms with E-state index in [4.69, 9.17) is 23.7 Å². The van der Waals surface area contributed by atoms with Crippen molar-refractivity contribution in [3.63, 3.8) is 0 Å². The summed E-state index contributed by atoms with van der Waals surface area (Å²) in [6.07, 6.45) is 0. The van der Waals surface area contributed by atoms with Crippen LogP contribution in [0.1, 0.15) is 69.2 Å². The third kappa shape index (κ3) is 2.78. The molecule has 5 aliphatic heterocycles. The molecule has 0 aromatic heterocycles. The number of aliphatic hydroxyl groups is 3. The quantitative estimate of drug-likeness (QED) is 0.281. The second-order valence-corrected chi connectivity index (χ2v) is 13.4. The molecule has 6 rings (SSSR count). The summed E-state index contributed by atoms with van der Waals surface area (Å²) in [5.74, 6) is -5.94. The lowest BCUT2D eigenvalue weighted by molar-refractivity contribution is -0.583. The van der Waals surface area contributed by atoms with Crippen LogP contribution in [-0.2, 0) is 33.3 Å². The smallest absolute Gasteiger partial charge is 0.365 e. The molecule has 5 N–H and O–H groups in total. The third-order valence-electron chi connectivity index (χ3n) is 12.3. The van der Waals surface area contributed by atoms with Gasteiger partial charge in [0.25, 0.3) is 5.79 Å². The number of nitrogens with one attached hydrogen (secondary N) is 1. The van der Waals surface area contributed by atoms with Gasteiger partial charge in [0.2, 0.25) is 11.7 Å². The summed E-state index contributed by atoms with van der Waals surface area (Å²) in [5, 5.41) is 46.8. The van der Waals surface area contributed by atoms with Gasteiger partial charge in [-0.1, -0.05) is 13.8 Å². The molecule has 39 heavy (non-hydrogen) atoms. The van der Waals surface area contributed by atoms with Crippen molar-refractivity contribution in [1.82, 2.24) is 5.32 Å². The molecule has 11 atom stereocenters. The first-order valence-corrected chi connectivity index (χ1v) is 13.3. The molecule has 6 aliphatic rings. The van der Waals surface area contributed by atoms with Gasteiger partial charge in [-0.05, 0) is 48.5 Å². The predicted octanol–water partition coefficient (Wildman–Crippen LogP) is 0.545. The Kier molecular flexibility index (Phi) is 6.20. The highest BCUT2D eigenvalue weighted by Crippen LogP contribution is 2.74. The Balaban J connectivity index is 1.70. The van der Waals surface area contributed by atoms with Crippen LogP contribution in [-0.4, -0.2) is 104 Å². The van der Waals surface area contributed by atoms with Crippen LogP contribution in [0.2, 0.25) is 0 Å². The Morgan fingerprint density at radius 2 is 1.49 bits per heavy atom. The minimum absolute atomic E-state index is 0.158. The SMILES string of the molecule is CO[C@]1(C)O[C@@]2(C(=O)O)O[C@@](C)(C1(C)O)[C@]2(C)COC[C@]1(C)O[C@@]2(CO)C(C)[C@@](C)(C1(C)NC(C)=O)[C@]2(C)O. The van der Waals surface area contributed by atoms with E-state index in [9.17, 15) is 30.0 Å². The van der Waals surface area contributed by atoms with E-state index in [1.807, 2.05) is 13.8 Å². The summed E-state index contributed by atoms with van der Waals surface area (Å²) in [6, 6.07) is 0. The zero-order chi connectivity index (χ0) is 30.1. The summed E-state index contributed by atoms with van der Waals surface area (Å²) in [7, 11) is 1.31. The van der Waals surface area contributed by atoms with Crippen molar-refractivity contribution in [3.8, 4) is 0 Å². The Bertz CT molecular complexity index is 1100. The number of carbonyl (C=O) groups excluding carboxylic acids is 1. The molecule has 5 saturated heterocycles. The van der Waals surface area contributed by atoms with Gasteiger partial charge in [0.05, 0.1) is 30.8 Å². The number of amides is 1. The zero-order valence-electron chi connectivity index (χ0n) is 24.8. The van der Waals surface area contributed by atoms with Crippen LogP contribution in [0.5, 0.6) is 0 Å². The summed E-state index contributed by atoms with van der Waals surface area (Å²) in [6.45, 7) is 15.5. The third-order valence-corrected chi connectivity index (χ3v) is 12.3. The van der Waals surface area contributed by atoms with Gasteiger partial charge >= 0.3 is 5.97 Å². The van der Waals surface area contributed by atoms with Gasteiger partial charge in [-0.25, -0.2) is 4.79 Å². The topological polar surface area (TPSA) is 173 Å². The van der Waals surface area contributed by atoms with E-state index in [1.165, 1.54) is 27.9 Å². The number of aliphatic carboxylic acids is 1. The molecule has 12 heteroatoms. The Hall–Kier alpha value is -1.38. The maximum atomic E-state index is 12.5. The first kappa shape index (κ1) is 30.6. The number of carboxylic acids is 1. The van der Waals surface area contributed by atoms with E-state index in [-0.39, 0.29) is 25.0 Å². The van der Waals surface area contributed by atoms with E-state index in [0.29, 0.717) is 0 Å². The molecule has 0 aromatic rings. The molecule has 224 valence electrons. The number of fused-ring (bicyclic) bond motifs is 4. The lowest BCUT2D eigenvalue weighted by Gasteiger charge is -2.82. The molecule has 1 aliphatic carbocycles. The lowest BCUT2D eigenvalue weighted by atomic mass is 9.33. The fourth-order valence-corrected chi connectivity index (χ4v) is 8.55. The Morgan fingerprint density at radius 3 is 1.92 bits per heavy atom. The second-order valence-electron chi connectivity index (χ2n) is 13.4. The van der Waals surface area contributed by atoms with E-state index >= 15 is 0 Å². The fraction of sp³-hybridized carbons (Fsp3) is 0.926. The number of methoxy groups -OCH3 is 1. The number of rotatable bonds is 8. The number of ether oxygens (including phenoxy) is 5. The molecule has 0 spiro atoms. The van der Waals surface area contributed by atoms with Crippen LogP contribution in [0.25, 0.3) is 0 Å². The summed E-state index contributed by atoms with van der Waals surface area (Å²) in [4.78, 5) is 25.0. The molecule has 1 saturated carbocycles. The molecule has 6 fully saturated rings. The van der Waals surface area contributed by atoms with Crippen molar-refractivity contribution in [2.24, 2.45) is 16.7 Å². The van der Waals surface area contributed by atoms with Crippen LogP contribution >= 0.6 is 0 Å². The number of hydrogen-bond donors (Lipinski definition) is 5. The van der Waals surface area contributed by atoms with Crippen LogP contribution in [0.3, 0.4) is 0 Å². The number of aliphatic hydroxyl groups excluding tert-OH is 1. The van der Waals surface area contributed by atoms with Gasteiger partial charge in [0.1, 0.15) is 28.0 Å². The van der Waals surface area contributed by atoms with Gasteiger partial charge in [-0.3, -0.25) is 4.79 Å². The summed E-state index contributed by atoms with van der Waals surface area (Å²) < 4.78 is 29.9. The van der Waals surface area contributed by atoms with E-state index in [0.717, 1.165) is 0 Å². The molecule has 0 aromatic carbocycles. The minimum Gasteiger partial charge on any atom is -0.477 e. The highest BCUT2D eigenvalue weighted by atomic mass is 16.8. The van der Waals surface area contributed by atoms with E-state index in [2.05, 4.69) is 5.32 Å². The van der Waals surface area contributed by atoms with Gasteiger partial charge < -0.3 is 49.4 Å². The normalized spacial score (nSPS) is 57.7. The highest BCUT2D eigenvalue weighted by molar-refractivity contribution is 5.80. The predicted molar refractivity (Wildman–Crippen MR) is 135 cm³/mol. The summed E-state index contributed by atoms with van der Waals surface area (Å²) >= 11 is 0. The Morgan fingerprint density at radius 1 is 0.923 bits per heavy atom. The van der Waals surface area contributed by atoms with Crippen molar-refractivity contribution in [3.05, 3.63) is 0 Å². The van der Waals surface area contributed by atoms with Crippen LogP contribution in [0.4, 0.5) is 0 Å². The van der Waals surface area contributed by atoms with Gasteiger partial charge in [-0.15, -0.1) is 0 Å².